The highest BCUT2D eigenvalue weighted by Crippen LogP contribution is 2.40. The number of nitrogens with zero attached hydrogens (tertiary/aromatic N) is 2. The summed E-state index contributed by atoms with van der Waals surface area (Å²) in [6.45, 7) is 4.10. The number of aromatic nitrogens is 2. The quantitative estimate of drug-likeness (QED) is 0.802. The molecule has 106 valence electrons. The van der Waals surface area contributed by atoms with Crippen LogP contribution in [-0.4, -0.2) is 34.1 Å². The summed E-state index contributed by atoms with van der Waals surface area (Å²) >= 11 is 2.00. The van der Waals surface area contributed by atoms with E-state index < -0.39 is 0 Å². The zero-order valence-electron chi connectivity index (χ0n) is 11.9. The van der Waals surface area contributed by atoms with E-state index in [1.54, 1.807) is 6.33 Å². The number of hydrogen-bond donors (Lipinski definition) is 2. The van der Waals surface area contributed by atoms with E-state index in [1.165, 1.54) is 25.7 Å². The van der Waals surface area contributed by atoms with Crippen molar-refractivity contribution in [2.24, 2.45) is 0 Å². The number of rotatable bonds is 7. The third kappa shape index (κ3) is 4.00. The van der Waals surface area contributed by atoms with Crippen LogP contribution in [0.3, 0.4) is 0 Å². The minimum absolute atomic E-state index is 0.405. The van der Waals surface area contributed by atoms with E-state index in [-0.39, 0.29) is 0 Å². The first-order valence-corrected chi connectivity index (χ1v) is 8.35. The molecule has 0 spiro atoms. The second-order valence-electron chi connectivity index (χ2n) is 5.16. The standard InChI is InChI=1S/C14H24N4S/c1-3-8-15-12-9-13(18-11-17-12)16-10-14(19-2)6-4-5-7-14/h9,11H,3-8,10H2,1-2H3,(H2,15,16,17,18). The second kappa shape index (κ2) is 6.98. The predicted molar refractivity (Wildman–Crippen MR) is 84.0 cm³/mol. The lowest BCUT2D eigenvalue weighted by atomic mass is 10.1. The lowest BCUT2D eigenvalue weighted by Crippen LogP contribution is -2.30. The molecule has 0 bridgehead atoms. The molecular weight excluding hydrogens is 256 g/mol. The van der Waals surface area contributed by atoms with Gasteiger partial charge in [0.2, 0.25) is 0 Å². The molecule has 19 heavy (non-hydrogen) atoms. The maximum Gasteiger partial charge on any atom is 0.131 e. The third-order valence-corrected chi connectivity index (χ3v) is 5.18. The van der Waals surface area contributed by atoms with Crippen LogP contribution >= 0.6 is 11.8 Å². The van der Waals surface area contributed by atoms with Gasteiger partial charge in [-0.1, -0.05) is 19.8 Å². The van der Waals surface area contributed by atoms with E-state index in [0.717, 1.165) is 31.1 Å². The second-order valence-corrected chi connectivity index (χ2v) is 6.44. The minimum atomic E-state index is 0.405. The van der Waals surface area contributed by atoms with E-state index in [9.17, 15) is 0 Å². The topological polar surface area (TPSA) is 49.8 Å². The van der Waals surface area contributed by atoms with Crippen LogP contribution in [0, 0.1) is 0 Å². The molecule has 1 saturated carbocycles. The normalized spacial score (nSPS) is 17.4. The smallest absolute Gasteiger partial charge is 0.131 e. The molecule has 1 aromatic rings. The molecule has 1 aliphatic rings. The molecule has 0 saturated heterocycles. The van der Waals surface area contributed by atoms with Gasteiger partial charge in [0.25, 0.3) is 0 Å². The molecule has 4 nitrogen and oxygen atoms in total. The molecule has 1 aliphatic carbocycles. The van der Waals surface area contributed by atoms with Crippen molar-refractivity contribution in [1.82, 2.24) is 9.97 Å². The third-order valence-electron chi connectivity index (χ3n) is 3.76. The van der Waals surface area contributed by atoms with Crippen molar-refractivity contribution in [2.45, 2.75) is 43.8 Å². The molecule has 2 N–H and O–H groups in total. The van der Waals surface area contributed by atoms with Gasteiger partial charge < -0.3 is 10.6 Å². The Morgan fingerprint density at radius 3 is 2.53 bits per heavy atom. The summed E-state index contributed by atoms with van der Waals surface area (Å²) in [4.78, 5) is 8.53. The highest BCUT2D eigenvalue weighted by Gasteiger charge is 2.32. The van der Waals surface area contributed by atoms with E-state index in [0.29, 0.717) is 4.75 Å². The van der Waals surface area contributed by atoms with Gasteiger partial charge in [-0.3, -0.25) is 0 Å². The van der Waals surface area contributed by atoms with Crippen molar-refractivity contribution in [3.05, 3.63) is 12.4 Å². The molecule has 0 radical (unpaired) electrons. The Morgan fingerprint density at radius 2 is 1.89 bits per heavy atom. The maximum absolute atomic E-state index is 4.30. The monoisotopic (exact) mass is 280 g/mol. The van der Waals surface area contributed by atoms with Crippen LogP contribution in [0.4, 0.5) is 11.6 Å². The minimum Gasteiger partial charge on any atom is -0.370 e. The number of thioether (sulfide) groups is 1. The summed E-state index contributed by atoms with van der Waals surface area (Å²) in [6.07, 6.45) is 10.3. The lowest BCUT2D eigenvalue weighted by molar-refractivity contribution is 0.638. The van der Waals surface area contributed by atoms with Gasteiger partial charge in [0, 0.05) is 23.9 Å². The average molecular weight is 280 g/mol. The Labute approximate surface area is 120 Å². The van der Waals surface area contributed by atoms with Crippen LogP contribution in [0.15, 0.2) is 12.4 Å². The van der Waals surface area contributed by atoms with Crippen LogP contribution in [0.1, 0.15) is 39.0 Å². The number of hydrogen-bond acceptors (Lipinski definition) is 5. The van der Waals surface area contributed by atoms with E-state index >= 15 is 0 Å². The van der Waals surface area contributed by atoms with Crippen LogP contribution in [0.2, 0.25) is 0 Å². The molecule has 0 atom stereocenters. The first kappa shape index (κ1) is 14.4. The van der Waals surface area contributed by atoms with Crippen molar-refractivity contribution < 1.29 is 0 Å². The number of anilines is 2. The van der Waals surface area contributed by atoms with Gasteiger partial charge >= 0.3 is 0 Å². The first-order chi connectivity index (χ1) is 9.28. The fourth-order valence-electron chi connectivity index (χ4n) is 2.53. The van der Waals surface area contributed by atoms with Crippen LogP contribution in [0.25, 0.3) is 0 Å². The molecule has 5 heteroatoms. The predicted octanol–water partition coefficient (Wildman–Crippen LogP) is 3.39. The molecule has 0 aliphatic heterocycles. The fraction of sp³-hybridized carbons (Fsp3) is 0.714. The van der Waals surface area contributed by atoms with Gasteiger partial charge in [-0.2, -0.15) is 11.8 Å². The van der Waals surface area contributed by atoms with Gasteiger partial charge in [0.15, 0.2) is 0 Å². The van der Waals surface area contributed by atoms with Gasteiger partial charge in [-0.05, 0) is 25.5 Å². The molecule has 0 unspecified atom stereocenters. The highest BCUT2D eigenvalue weighted by atomic mass is 32.2. The summed E-state index contributed by atoms with van der Waals surface area (Å²) in [7, 11) is 0. The summed E-state index contributed by atoms with van der Waals surface area (Å²) < 4.78 is 0.405. The van der Waals surface area contributed by atoms with E-state index in [4.69, 9.17) is 0 Å². The first-order valence-electron chi connectivity index (χ1n) is 7.13. The van der Waals surface area contributed by atoms with E-state index in [2.05, 4.69) is 33.8 Å². The highest BCUT2D eigenvalue weighted by molar-refractivity contribution is 8.00. The van der Waals surface area contributed by atoms with Crippen molar-refractivity contribution in [1.29, 1.82) is 0 Å². The van der Waals surface area contributed by atoms with Gasteiger partial charge in [-0.25, -0.2) is 9.97 Å². The van der Waals surface area contributed by atoms with Gasteiger partial charge in [-0.15, -0.1) is 0 Å². The Hall–Kier alpha value is -0.970. The van der Waals surface area contributed by atoms with Crippen LogP contribution < -0.4 is 10.6 Å². The Bertz CT molecular complexity index is 391. The molecule has 0 amide bonds. The summed E-state index contributed by atoms with van der Waals surface area (Å²) in [5.41, 5.74) is 0. The van der Waals surface area contributed by atoms with Crippen molar-refractivity contribution in [3.63, 3.8) is 0 Å². The Kier molecular flexibility index (Phi) is 5.31. The van der Waals surface area contributed by atoms with Crippen molar-refractivity contribution in [3.8, 4) is 0 Å². The van der Waals surface area contributed by atoms with Crippen molar-refractivity contribution >= 4 is 23.4 Å². The zero-order valence-corrected chi connectivity index (χ0v) is 12.7. The van der Waals surface area contributed by atoms with Gasteiger partial charge in [0.05, 0.1) is 0 Å². The molecule has 2 rings (SSSR count). The maximum atomic E-state index is 4.30. The lowest BCUT2D eigenvalue weighted by Gasteiger charge is -2.27. The van der Waals surface area contributed by atoms with Gasteiger partial charge in [0.1, 0.15) is 18.0 Å². The largest absolute Gasteiger partial charge is 0.370 e. The average Bonchev–Trinajstić information content (AvgIpc) is 2.93. The summed E-state index contributed by atoms with van der Waals surface area (Å²) in [6, 6.07) is 2.00. The molecule has 1 fully saturated rings. The summed E-state index contributed by atoms with van der Waals surface area (Å²) in [5.74, 6) is 1.83. The fourth-order valence-corrected chi connectivity index (χ4v) is 3.44. The number of nitrogens with one attached hydrogen (secondary N) is 2. The van der Waals surface area contributed by atoms with Crippen molar-refractivity contribution in [2.75, 3.05) is 30.0 Å². The molecule has 0 aromatic carbocycles. The SMILES string of the molecule is CCCNc1cc(NCC2(SC)CCCC2)ncn1. The zero-order chi connectivity index (χ0) is 13.6. The molecule has 1 heterocycles. The van der Waals surface area contributed by atoms with Crippen LogP contribution in [-0.2, 0) is 0 Å². The Morgan fingerprint density at radius 1 is 1.21 bits per heavy atom. The molecular formula is C14H24N4S. The molecule has 1 aromatic heterocycles. The summed E-state index contributed by atoms with van der Waals surface area (Å²) in [5, 5.41) is 6.77. The van der Waals surface area contributed by atoms with E-state index in [1.807, 2.05) is 17.8 Å². The van der Waals surface area contributed by atoms with Crippen LogP contribution in [0.5, 0.6) is 0 Å². The Balaban J connectivity index is 1.91.